The maximum Gasteiger partial charge on any atom is 0.256 e. The second-order valence-corrected chi connectivity index (χ2v) is 5.66. The summed E-state index contributed by atoms with van der Waals surface area (Å²) >= 11 is 0. The molecule has 1 atom stereocenters. The molecule has 106 valence electrons. The van der Waals surface area contributed by atoms with Crippen LogP contribution in [0.25, 0.3) is 10.9 Å². The average Bonchev–Trinajstić information content (AvgIpc) is 2.76. The molecule has 1 aliphatic heterocycles. The lowest BCUT2D eigenvalue weighted by Crippen LogP contribution is -2.39. The first-order valence-electron chi connectivity index (χ1n) is 7.68. The molecular weight excluding hydrogens is 248 g/mol. The van der Waals surface area contributed by atoms with E-state index >= 15 is 0 Å². The summed E-state index contributed by atoms with van der Waals surface area (Å²) in [5, 5.41) is 1.04. The highest BCUT2D eigenvalue weighted by Crippen LogP contribution is 2.24. The van der Waals surface area contributed by atoms with E-state index in [1.807, 2.05) is 30.5 Å². The van der Waals surface area contributed by atoms with E-state index in [2.05, 4.69) is 16.8 Å². The van der Waals surface area contributed by atoms with E-state index in [0.717, 1.165) is 42.3 Å². The van der Waals surface area contributed by atoms with Crippen LogP contribution >= 0.6 is 0 Å². The van der Waals surface area contributed by atoms with Gasteiger partial charge in [-0.3, -0.25) is 4.79 Å². The van der Waals surface area contributed by atoms with E-state index in [-0.39, 0.29) is 5.91 Å². The molecule has 3 nitrogen and oxygen atoms in total. The third-order valence-electron chi connectivity index (χ3n) is 4.43. The average molecular weight is 270 g/mol. The predicted octanol–water partition coefficient (Wildman–Crippen LogP) is 3.96. The number of nitrogens with one attached hydrogen (secondary N) is 1. The number of aromatic amines is 1. The first kappa shape index (κ1) is 13.2. The van der Waals surface area contributed by atoms with Gasteiger partial charge < -0.3 is 9.88 Å². The number of hydrogen-bond donors (Lipinski definition) is 1. The summed E-state index contributed by atoms with van der Waals surface area (Å²) in [7, 11) is 0. The minimum absolute atomic E-state index is 0.191. The first-order valence-corrected chi connectivity index (χ1v) is 7.68. The van der Waals surface area contributed by atoms with Gasteiger partial charge in [-0.15, -0.1) is 0 Å². The molecule has 3 rings (SSSR count). The molecule has 1 aliphatic rings. The molecule has 1 unspecified atom stereocenters. The van der Waals surface area contributed by atoms with Crippen LogP contribution in [0, 0.1) is 0 Å². The van der Waals surface area contributed by atoms with Crippen LogP contribution in [0.1, 0.15) is 49.4 Å². The monoisotopic (exact) mass is 270 g/mol. The summed E-state index contributed by atoms with van der Waals surface area (Å²) in [5.74, 6) is 0.191. The van der Waals surface area contributed by atoms with E-state index in [1.165, 1.54) is 12.8 Å². The van der Waals surface area contributed by atoms with Gasteiger partial charge in [-0.25, -0.2) is 0 Å². The Kier molecular flexibility index (Phi) is 3.77. The topological polar surface area (TPSA) is 36.1 Å². The summed E-state index contributed by atoms with van der Waals surface area (Å²) in [6, 6.07) is 8.43. The SMILES string of the molecule is CCC1CCCCCN1C(=O)c1c[nH]c2ccccc12. The van der Waals surface area contributed by atoms with Gasteiger partial charge in [0.1, 0.15) is 0 Å². The number of benzene rings is 1. The van der Waals surface area contributed by atoms with Gasteiger partial charge in [0.25, 0.3) is 5.91 Å². The summed E-state index contributed by atoms with van der Waals surface area (Å²) in [4.78, 5) is 18.2. The van der Waals surface area contributed by atoms with Crippen LogP contribution in [0.5, 0.6) is 0 Å². The number of hydrogen-bond acceptors (Lipinski definition) is 1. The summed E-state index contributed by atoms with van der Waals surface area (Å²) < 4.78 is 0. The Morgan fingerprint density at radius 1 is 1.30 bits per heavy atom. The molecule has 1 saturated heterocycles. The Morgan fingerprint density at radius 3 is 3.00 bits per heavy atom. The number of nitrogens with zero attached hydrogens (tertiary/aromatic N) is 1. The number of fused-ring (bicyclic) bond motifs is 1. The highest BCUT2D eigenvalue weighted by Gasteiger charge is 2.26. The second-order valence-electron chi connectivity index (χ2n) is 5.66. The van der Waals surface area contributed by atoms with Gasteiger partial charge in [-0.1, -0.05) is 38.0 Å². The van der Waals surface area contributed by atoms with E-state index < -0.39 is 0 Å². The van der Waals surface area contributed by atoms with E-state index in [0.29, 0.717) is 6.04 Å². The number of H-pyrrole nitrogens is 1. The second kappa shape index (κ2) is 5.70. The van der Waals surface area contributed by atoms with Crippen LogP contribution in [-0.4, -0.2) is 28.4 Å². The molecule has 1 N–H and O–H groups in total. The van der Waals surface area contributed by atoms with Crippen LogP contribution < -0.4 is 0 Å². The van der Waals surface area contributed by atoms with Gasteiger partial charge in [0.15, 0.2) is 0 Å². The highest BCUT2D eigenvalue weighted by molar-refractivity contribution is 6.06. The van der Waals surface area contributed by atoms with Crippen molar-refractivity contribution in [2.75, 3.05) is 6.54 Å². The van der Waals surface area contributed by atoms with Gasteiger partial charge in [-0.2, -0.15) is 0 Å². The molecule has 1 fully saturated rings. The maximum absolute atomic E-state index is 12.9. The van der Waals surface area contributed by atoms with Crippen molar-refractivity contribution in [3.05, 3.63) is 36.0 Å². The number of amides is 1. The molecule has 2 aromatic rings. The van der Waals surface area contributed by atoms with Gasteiger partial charge in [0.2, 0.25) is 0 Å². The van der Waals surface area contributed by atoms with Gasteiger partial charge in [0, 0.05) is 29.7 Å². The summed E-state index contributed by atoms with van der Waals surface area (Å²) in [5.41, 5.74) is 1.86. The number of rotatable bonds is 2. The largest absolute Gasteiger partial charge is 0.360 e. The molecule has 20 heavy (non-hydrogen) atoms. The van der Waals surface area contributed by atoms with Gasteiger partial charge in [-0.05, 0) is 25.3 Å². The Labute approximate surface area is 120 Å². The van der Waals surface area contributed by atoms with Gasteiger partial charge >= 0.3 is 0 Å². The van der Waals surface area contributed by atoms with Crippen LogP contribution in [0.3, 0.4) is 0 Å². The summed E-state index contributed by atoms with van der Waals surface area (Å²) in [6.07, 6.45) is 7.68. The minimum atomic E-state index is 0.191. The standard InChI is InChI=1S/C17H22N2O/c1-2-13-8-4-3-7-11-19(13)17(20)15-12-18-16-10-6-5-9-14(15)16/h5-6,9-10,12-13,18H,2-4,7-8,11H2,1H3. The highest BCUT2D eigenvalue weighted by atomic mass is 16.2. The van der Waals surface area contributed by atoms with Crippen molar-refractivity contribution in [2.24, 2.45) is 0 Å². The first-order chi connectivity index (χ1) is 9.81. The Hall–Kier alpha value is -1.77. The van der Waals surface area contributed by atoms with Gasteiger partial charge in [0.05, 0.1) is 5.56 Å². The predicted molar refractivity (Wildman–Crippen MR) is 81.9 cm³/mol. The molecule has 1 aromatic heterocycles. The molecule has 1 amide bonds. The Bertz CT molecular complexity index is 602. The zero-order chi connectivity index (χ0) is 13.9. The van der Waals surface area contributed by atoms with Crippen molar-refractivity contribution in [2.45, 2.75) is 45.1 Å². The lowest BCUT2D eigenvalue weighted by Gasteiger charge is -2.29. The van der Waals surface area contributed by atoms with Crippen LogP contribution in [0.15, 0.2) is 30.5 Å². The fourth-order valence-electron chi connectivity index (χ4n) is 3.27. The van der Waals surface area contributed by atoms with Crippen molar-refractivity contribution in [1.29, 1.82) is 0 Å². The fourth-order valence-corrected chi connectivity index (χ4v) is 3.27. The third kappa shape index (κ3) is 2.33. The molecule has 0 radical (unpaired) electrons. The molecule has 2 heterocycles. The van der Waals surface area contributed by atoms with E-state index in [4.69, 9.17) is 0 Å². The molecular formula is C17H22N2O. The van der Waals surface area contributed by atoms with Crippen molar-refractivity contribution in [3.8, 4) is 0 Å². The number of para-hydroxylation sites is 1. The molecule has 0 aliphatic carbocycles. The van der Waals surface area contributed by atoms with Crippen molar-refractivity contribution < 1.29 is 4.79 Å². The van der Waals surface area contributed by atoms with E-state index in [9.17, 15) is 4.79 Å². The van der Waals surface area contributed by atoms with Crippen LogP contribution in [0.2, 0.25) is 0 Å². The van der Waals surface area contributed by atoms with Crippen molar-refractivity contribution in [3.63, 3.8) is 0 Å². The number of carbonyl (C=O) groups is 1. The number of likely N-dealkylation sites (tertiary alicyclic amines) is 1. The molecule has 3 heteroatoms. The number of carbonyl (C=O) groups excluding carboxylic acids is 1. The quantitative estimate of drug-likeness (QED) is 0.881. The Morgan fingerprint density at radius 2 is 2.15 bits per heavy atom. The third-order valence-corrected chi connectivity index (χ3v) is 4.43. The smallest absolute Gasteiger partial charge is 0.256 e. The van der Waals surface area contributed by atoms with Crippen molar-refractivity contribution in [1.82, 2.24) is 9.88 Å². The molecule has 0 bridgehead atoms. The molecule has 0 spiro atoms. The minimum Gasteiger partial charge on any atom is -0.360 e. The maximum atomic E-state index is 12.9. The van der Waals surface area contributed by atoms with Crippen molar-refractivity contribution >= 4 is 16.8 Å². The lowest BCUT2D eigenvalue weighted by atomic mass is 10.1. The van der Waals surface area contributed by atoms with Crippen LogP contribution in [0.4, 0.5) is 0 Å². The zero-order valence-corrected chi connectivity index (χ0v) is 12.1. The van der Waals surface area contributed by atoms with E-state index in [1.54, 1.807) is 0 Å². The molecule has 1 aromatic carbocycles. The van der Waals surface area contributed by atoms with Crippen LogP contribution in [-0.2, 0) is 0 Å². The lowest BCUT2D eigenvalue weighted by molar-refractivity contribution is 0.0680. The summed E-state index contributed by atoms with van der Waals surface area (Å²) in [6.45, 7) is 3.09. The number of aromatic nitrogens is 1. The normalized spacial score (nSPS) is 20.1. The Balaban J connectivity index is 1.94. The zero-order valence-electron chi connectivity index (χ0n) is 12.1. The fraction of sp³-hybridized carbons (Fsp3) is 0.471. The molecule has 0 saturated carbocycles.